The maximum atomic E-state index is 12.3. The summed E-state index contributed by atoms with van der Waals surface area (Å²) < 4.78 is 0. The molecule has 3 heterocycles. The molecule has 2 aromatic rings. The molecule has 5 nitrogen and oxygen atoms in total. The number of H-pyrrole nitrogens is 1. The van der Waals surface area contributed by atoms with Gasteiger partial charge in [-0.1, -0.05) is 0 Å². The van der Waals surface area contributed by atoms with Crippen LogP contribution in [0.3, 0.4) is 0 Å². The second kappa shape index (κ2) is 6.52. The smallest absolute Gasteiger partial charge is 0.223 e. The number of thiol groups is 1. The van der Waals surface area contributed by atoms with E-state index < -0.39 is 0 Å². The van der Waals surface area contributed by atoms with Gasteiger partial charge in [0.2, 0.25) is 5.91 Å². The van der Waals surface area contributed by atoms with E-state index in [9.17, 15) is 4.79 Å². The Labute approximate surface area is 135 Å². The van der Waals surface area contributed by atoms with E-state index in [0.29, 0.717) is 12.2 Å². The largest absolute Gasteiger partial charge is 0.335 e. The van der Waals surface area contributed by atoms with Gasteiger partial charge < -0.3 is 4.90 Å². The normalized spacial score (nSPS) is 17.9. The van der Waals surface area contributed by atoms with E-state index in [2.05, 4.69) is 27.8 Å². The topological polar surface area (TPSA) is 61.9 Å². The van der Waals surface area contributed by atoms with E-state index in [4.69, 9.17) is 0 Å². The third-order valence-electron chi connectivity index (χ3n) is 4.18. The molecular formula is C16H20N4OS. The highest BCUT2D eigenvalue weighted by molar-refractivity contribution is 7.80. The molecule has 116 valence electrons. The third-order valence-corrected chi connectivity index (χ3v) is 4.40. The van der Waals surface area contributed by atoms with Crippen molar-refractivity contribution in [2.75, 3.05) is 12.3 Å². The van der Waals surface area contributed by atoms with Crippen LogP contribution < -0.4 is 0 Å². The summed E-state index contributed by atoms with van der Waals surface area (Å²) in [6, 6.07) is 4.01. The van der Waals surface area contributed by atoms with Crippen LogP contribution in [0, 0.1) is 6.92 Å². The number of likely N-dealkylation sites (tertiary alicyclic amines) is 1. The Morgan fingerprint density at radius 3 is 2.95 bits per heavy atom. The summed E-state index contributed by atoms with van der Waals surface area (Å²) in [7, 11) is 0. The van der Waals surface area contributed by atoms with E-state index in [1.165, 1.54) is 0 Å². The van der Waals surface area contributed by atoms with E-state index in [1.807, 2.05) is 24.0 Å². The summed E-state index contributed by atoms with van der Waals surface area (Å²) in [5.41, 5.74) is 4.12. The first-order chi connectivity index (χ1) is 10.7. The molecule has 1 N–H and O–H groups in total. The number of aromatic nitrogens is 3. The molecular weight excluding hydrogens is 296 g/mol. The first-order valence-corrected chi connectivity index (χ1v) is 8.21. The summed E-state index contributed by atoms with van der Waals surface area (Å²) in [4.78, 5) is 18.4. The van der Waals surface area contributed by atoms with E-state index >= 15 is 0 Å². The van der Waals surface area contributed by atoms with Crippen molar-refractivity contribution in [3.05, 3.63) is 35.8 Å². The molecule has 0 bridgehead atoms. The Morgan fingerprint density at radius 1 is 1.45 bits per heavy atom. The number of nitrogens with zero attached hydrogens (tertiary/aromatic N) is 3. The van der Waals surface area contributed by atoms with Gasteiger partial charge in [0, 0.05) is 42.2 Å². The van der Waals surface area contributed by atoms with Gasteiger partial charge in [-0.25, -0.2) is 0 Å². The molecule has 1 aliphatic rings. The molecule has 2 aromatic heterocycles. The lowest BCUT2D eigenvalue weighted by Gasteiger charge is -2.25. The highest BCUT2D eigenvalue weighted by atomic mass is 32.1. The molecule has 22 heavy (non-hydrogen) atoms. The quantitative estimate of drug-likeness (QED) is 0.853. The molecule has 0 saturated carbocycles. The van der Waals surface area contributed by atoms with Crippen molar-refractivity contribution in [2.45, 2.75) is 32.2 Å². The molecule has 0 unspecified atom stereocenters. The van der Waals surface area contributed by atoms with Crippen LogP contribution in [0.5, 0.6) is 0 Å². The van der Waals surface area contributed by atoms with Gasteiger partial charge in [0.15, 0.2) is 0 Å². The molecule has 6 heteroatoms. The number of aromatic amines is 1. The molecule has 0 aromatic carbocycles. The van der Waals surface area contributed by atoms with Gasteiger partial charge in [0.25, 0.3) is 0 Å². The molecule has 1 saturated heterocycles. The first kappa shape index (κ1) is 15.1. The molecule has 3 rings (SSSR count). The van der Waals surface area contributed by atoms with Gasteiger partial charge in [-0.05, 0) is 37.7 Å². The zero-order valence-corrected chi connectivity index (χ0v) is 13.5. The minimum atomic E-state index is 0.106. The number of hydrogen-bond donors (Lipinski definition) is 2. The number of nitrogens with one attached hydrogen (secondary N) is 1. The Hall–Kier alpha value is -1.82. The zero-order valence-electron chi connectivity index (χ0n) is 12.6. The van der Waals surface area contributed by atoms with Crippen LogP contribution in [0.2, 0.25) is 0 Å². The number of carbonyl (C=O) groups excluding carboxylic acids is 1. The van der Waals surface area contributed by atoms with Crippen LogP contribution in [0.25, 0.3) is 11.3 Å². The number of hydrogen-bond acceptors (Lipinski definition) is 4. The molecule has 0 radical (unpaired) electrons. The second-order valence-corrected chi connectivity index (χ2v) is 6.01. The van der Waals surface area contributed by atoms with Gasteiger partial charge in [-0.3, -0.25) is 14.9 Å². The van der Waals surface area contributed by atoms with Crippen molar-refractivity contribution in [3.8, 4) is 11.3 Å². The number of amides is 1. The van der Waals surface area contributed by atoms with Crippen molar-refractivity contribution < 1.29 is 4.79 Å². The number of rotatable bonds is 4. The zero-order chi connectivity index (χ0) is 15.5. The summed E-state index contributed by atoms with van der Waals surface area (Å²) in [6.07, 6.45) is 6.03. The lowest BCUT2D eigenvalue weighted by atomic mass is 9.98. The first-order valence-electron chi connectivity index (χ1n) is 7.58. The van der Waals surface area contributed by atoms with Crippen LogP contribution in [0.15, 0.2) is 24.5 Å². The Kier molecular flexibility index (Phi) is 4.47. The lowest BCUT2D eigenvalue weighted by molar-refractivity contribution is -0.131. The fourth-order valence-corrected chi connectivity index (χ4v) is 3.37. The van der Waals surface area contributed by atoms with Crippen molar-refractivity contribution in [1.82, 2.24) is 20.1 Å². The number of aryl methyl sites for hydroxylation is 1. The fraction of sp³-hybridized carbons (Fsp3) is 0.438. The van der Waals surface area contributed by atoms with Crippen molar-refractivity contribution in [3.63, 3.8) is 0 Å². The second-order valence-electron chi connectivity index (χ2n) is 5.57. The van der Waals surface area contributed by atoms with Gasteiger partial charge in [-0.2, -0.15) is 17.7 Å². The van der Waals surface area contributed by atoms with Crippen LogP contribution in [-0.2, 0) is 4.79 Å². The molecule has 0 aliphatic carbocycles. The highest BCUT2D eigenvalue weighted by Crippen LogP contribution is 2.38. The molecule has 1 fully saturated rings. The Morgan fingerprint density at radius 2 is 2.23 bits per heavy atom. The summed E-state index contributed by atoms with van der Waals surface area (Å²) in [6.45, 7) is 2.84. The third kappa shape index (κ3) is 2.75. The van der Waals surface area contributed by atoms with E-state index in [0.717, 1.165) is 41.9 Å². The molecule has 1 amide bonds. The highest BCUT2D eigenvalue weighted by Gasteiger charge is 2.33. The lowest BCUT2D eigenvalue weighted by Crippen LogP contribution is -2.31. The van der Waals surface area contributed by atoms with Crippen molar-refractivity contribution in [1.29, 1.82) is 0 Å². The fourth-order valence-electron chi connectivity index (χ4n) is 3.18. The maximum absolute atomic E-state index is 12.3. The number of pyridine rings is 1. The van der Waals surface area contributed by atoms with Crippen molar-refractivity contribution in [2.24, 2.45) is 0 Å². The summed E-state index contributed by atoms with van der Waals surface area (Å²) in [5, 5.41) is 7.55. The molecule has 1 atom stereocenters. The van der Waals surface area contributed by atoms with Crippen LogP contribution in [0.4, 0.5) is 0 Å². The molecule has 1 aliphatic heterocycles. The minimum Gasteiger partial charge on any atom is -0.335 e. The average Bonchev–Trinajstić information content (AvgIpc) is 3.14. The van der Waals surface area contributed by atoms with Crippen molar-refractivity contribution >= 4 is 18.5 Å². The monoisotopic (exact) mass is 316 g/mol. The van der Waals surface area contributed by atoms with Crippen LogP contribution in [0.1, 0.15) is 36.6 Å². The average molecular weight is 316 g/mol. The van der Waals surface area contributed by atoms with E-state index in [1.54, 1.807) is 12.4 Å². The van der Waals surface area contributed by atoms with Crippen LogP contribution >= 0.6 is 12.6 Å². The predicted molar refractivity (Wildman–Crippen MR) is 88.7 cm³/mol. The summed E-state index contributed by atoms with van der Waals surface area (Å²) in [5.74, 6) is 0.766. The van der Waals surface area contributed by atoms with Gasteiger partial charge in [0.1, 0.15) is 0 Å². The van der Waals surface area contributed by atoms with Gasteiger partial charge in [0.05, 0.1) is 11.7 Å². The number of carbonyl (C=O) groups is 1. The van der Waals surface area contributed by atoms with Gasteiger partial charge in [-0.15, -0.1) is 0 Å². The minimum absolute atomic E-state index is 0.106. The molecule has 0 spiro atoms. The van der Waals surface area contributed by atoms with Crippen LogP contribution in [-0.4, -0.2) is 38.3 Å². The maximum Gasteiger partial charge on any atom is 0.223 e. The summed E-state index contributed by atoms with van der Waals surface area (Å²) >= 11 is 4.18. The standard InChI is InChI=1S/C16H20N4OS/c1-11-15(13-3-2-9-20(13)14(21)6-10-22)16(19-18-11)12-4-7-17-8-5-12/h4-5,7-8,13,22H,2-3,6,9-10H2,1H3,(H,18,19)/t13-/m0/s1. The Balaban J connectivity index is 1.98. The van der Waals surface area contributed by atoms with Gasteiger partial charge >= 0.3 is 0 Å². The predicted octanol–water partition coefficient (Wildman–Crippen LogP) is 2.76. The Bertz CT molecular complexity index is 655. The van der Waals surface area contributed by atoms with E-state index in [-0.39, 0.29) is 11.9 Å². The SMILES string of the molecule is Cc1[nH]nc(-c2ccncc2)c1[C@@H]1CCCN1C(=O)CCS.